The minimum atomic E-state index is -4.68. The van der Waals surface area contributed by atoms with Crippen LogP contribution in [-0.4, -0.2) is 19.9 Å². The van der Waals surface area contributed by atoms with Crippen molar-refractivity contribution in [3.8, 4) is 11.3 Å². The van der Waals surface area contributed by atoms with E-state index in [1.807, 2.05) is 0 Å². The molecule has 11 heteroatoms. The Hall–Kier alpha value is -3.76. The van der Waals surface area contributed by atoms with E-state index in [9.17, 15) is 26.3 Å². The van der Waals surface area contributed by atoms with Crippen LogP contribution in [0, 0.1) is 0 Å². The summed E-state index contributed by atoms with van der Waals surface area (Å²) >= 11 is 0. The van der Waals surface area contributed by atoms with E-state index in [-0.39, 0.29) is 28.4 Å². The maximum absolute atomic E-state index is 13.6. The molecule has 0 saturated heterocycles. The van der Waals surface area contributed by atoms with Crippen molar-refractivity contribution in [1.29, 1.82) is 0 Å². The lowest BCUT2D eigenvalue weighted by Crippen LogP contribution is -2.10. The zero-order valence-corrected chi connectivity index (χ0v) is 15.3. The highest BCUT2D eigenvalue weighted by atomic mass is 19.4. The SMILES string of the molecule is FC(F)(F)c1ccc(Nc2c(-c3ncccc3C(F)(F)F)cnc3ncccc23)nc1. The van der Waals surface area contributed by atoms with Gasteiger partial charge in [0.2, 0.25) is 0 Å². The van der Waals surface area contributed by atoms with Crippen LogP contribution in [0.25, 0.3) is 22.3 Å². The number of halogens is 6. The summed E-state index contributed by atoms with van der Waals surface area (Å²) in [6, 6.07) is 7.07. The van der Waals surface area contributed by atoms with Crippen LogP contribution in [-0.2, 0) is 12.4 Å². The third kappa shape index (κ3) is 4.11. The van der Waals surface area contributed by atoms with Gasteiger partial charge in [-0.05, 0) is 36.4 Å². The van der Waals surface area contributed by atoms with E-state index in [1.165, 1.54) is 18.6 Å². The van der Waals surface area contributed by atoms with Gasteiger partial charge in [-0.2, -0.15) is 26.3 Å². The molecule has 4 rings (SSSR count). The molecule has 0 bridgehead atoms. The molecule has 0 spiro atoms. The van der Waals surface area contributed by atoms with Crippen LogP contribution in [0.4, 0.5) is 37.8 Å². The summed E-state index contributed by atoms with van der Waals surface area (Å²) in [7, 11) is 0. The van der Waals surface area contributed by atoms with E-state index >= 15 is 0 Å². The molecule has 0 aliphatic heterocycles. The van der Waals surface area contributed by atoms with E-state index < -0.39 is 23.5 Å². The van der Waals surface area contributed by atoms with Crippen molar-refractivity contribution >= 4 is 22.5 Å². The number of aromatic nitrogens is 4. The molecule has 0 aromatic carbocycles. The second kappa shape index (κ2) is 7.49. The number of hydrogen-bond acceptors (Lipinski definition) is 5. The van der Waals surface area contributed by atoms with Crippen LogP contribution in [0.5, 0.6) is 0 Å². The first-order valence-electron chi connectivity index (χ1n) is 8.71. The second-order valence-corrected chi connectivity index (χ2v) is 6.37. The average Bonchev–Trinajstić information content (AvgIpc) is 2.73. The molecule has 0 radical (unpaired) electrons. The molecule has 0 saturated carbocycles. The van der Waals surface area contributed by atoms with Gasteiger partial charge in [0.05, 0.1) is 22.5 Å². The summed E-state index contributed by atoms with van der Waals surface area (Å²) in [5, 5.41) is 3.15. The Bertz CT molecular complexity index is 1240. The Kier molecular flexibility index (Phi) is 4.96. The Morgan fingerprint density at radius 1 is 0.710 bits per heavy atom. The van der Waals surface area contributed by atoms with Crippen LogP contribution >= 0.6 is 0 Å². The topological polar surface area (TPSA) is 63.6 Å². The number of anilines is 2. The molecule has 4 aromatic rings. The fourth-order valence-electron chi connectivity index (χ4n) is 2.96. The summed E-state index contributed by atoms with van der Waals surface area (Å²) < 4.78 is 79.1. The maximum atomic E-state index is 13.6. The van der Waals surface area contributed by atoms with Gasteiger partial charge in [-0.1, -0.05) is 0 Å². The van der Waals surface area contributed by atoms with Gasteiger partial charge in [0.1, 0.15) is 5.82 Å². The molecule has 5 nitrogen and oxygen atoms in total. The van der Waals surface area contributed by atoms with Crippen molar-refractivity contribution in [2.45, 2.75) is 12.4 Å². The predicted octanol–water partition coefficient (Wildman–Crippen LogP) is 5.87. The molecular formula is C20H11F6N5. The standard InChI is InChI=1S/C20H11F6N5/c21-19(22,23)11-5-6-15(29-9-11)31-16-12-3-1-8-28-18(12)30-10-13(16)17-14(20(24,25)26)4-2-7-27-17/h1-10H,(H,28,29,30,31). The largest absolute Gasteiger partial charge is 0.418 e. The molecule has 4 aromatic heterocycles. The van der Waals surface area contributed by atoms with Gasteiger partial charge in [-0.25, -0.2) is 15.0 Å². The smallest absolute Gasteiger partial charge is 0.339 e. The van der Waals surface area contributed by atoms with E-state index in [2.05, 4.69) is 25.3 Å². The summed E-state index contributed by atoms with van der Waals surface area (Å²) in [6.07, 6.45) is -4.78. The van der Waals surface area contributed by atoms with E-state index in [4.69, 9.17) is 0 Å². The minimum absolute atomic E-state index is 0.00452. The van der Waals surface area contributed by atoms with Crippen LogP contribution in [0.2, 0.25) is 0 Å². The molecule has 158 valence electrons. The van der Waals surface area contributed by atoms with Crippen LogP contribution in [0.3, 0.4) is 0 Å². The van der Waals surface area contributed by atoms with Crippen LogP contribution in [0.1, 0.15) is 11.1 Å². The summed E-state index contributed by atoms with van der Waals surface area (Å²) in [5.41, 5.74) is -1.97. The van der Waals surface area contributed by atoms with Crippen molar-refractivity contribution < 1.29 is 26.3 Å². The van der Waals surface area contributed by atoms with Gasteiger partial charge in [0, 0.05) is 35.7 Å². The van der Waals surface area contributed by atoms with Crippen molar-refractivity contribution in [2.75, 3.05) is 5.32 Å². The number of hydrogen-bond donors (Lipinski definition) is 1. The summed E-state index contributed by atoms with van der Waals surface area (Å²) in [4.78, 5) is 15.8. The van der Waals surface area contributed by atoms with Gasteiger partial charge in [0.25, 0.3) is 0 Å². The lowest BCUT2D eigenvalue weighted by atomic mass is 10.0. The monoisotopic (exact) mass is 435 g/mol. The number of fused-ring (bicyclic) bond motifs is 1. The summed E-state index contributed by atoms with van der Waals surface area (Å²) in [5.74, 6) is -0.00454. The second-order valence-electron chi connectivity index (χ2n) is 6.37. The number of pyridine rings is 4. The molecule has 0 aliphatic rings. The normalized spacial score (nSPS) is 12.2. The van der Waals surface area contributed by atoms with Crippen molar-refractivity contribution in [3.63, 3.8) is 0 Å². The highest BCUT2D eigenvalue weighted by molar-refractivity contribution is 5.99. The third-order valence-corrected chi connectivity index (χ3v) is 4.35. The highest BCUT2D eigenvalue weighted by Crippen LogP contribution is 2.40. The van der Waals surface area contributed by atoms with E-state index in [0.717, 1.165) is 24.3 Å². The molecule has 1 N–H and O–H groups in total. The highest BCUT2D eigenvalue weighted by Gasteiger charge is 2.35. The predicted molar refractivity (Wildman–Crippen MR) is 100 cm³/mol. The van der Waals surface area contributed by atoms with Crippen LogP contribution in [0.15, 0.2) is 61.2 Å². The van der Waals surface area contributed by atoms with Gasteiger partial charge in [-0.3, -0.25) is 4.98 Å². The molecule has 0 fully saturated rings. The zero-order valence-electron chi connectivity index (χ0n) is 15.3. The van der Waals surface area contributed by atoms with E-state index in [0.29, 0.717) is 11.6 Å². The van der Waals surface area contributed by atoms with E-state index in [1.54, 1.807) is 12.1 Å². The lowest BCUT2D eigenvalue weighted by Gasteiger charge is -2.17. The van der Waals surface area contributed by atoms with Crippen molar-refractivity contribution in [1.82, 2.24) is 19.9 Å². The Morgan fingerprint density at radius 3 is 2.13 bits per heavy atom. The number of nitrogens with one attached hydrogen (secondary N) is 1. The summed E-state index contributed by atoms with van der Waals surface area (Å²) in [6.45, 7) is 0. The molecule has 0 amide bonds. The molecule has 0 atom stereocenters. The Morgan fingerprint density at radius 2 is 1.45 bits per heavy atom. The first-order chi connectivity index (χ1) is 14.6. The molecule has 0 unspecified atom stereocenters. The quantitative estimate of drug-likeness (QED) is 0.408. The van der Waals surface area contributed by atoms with Gasteiger partial charge >= 0.3 is 12.4 Å². The van der Waals surface area contributed by atoms with Gasteiger partial charge in [-0.15, -0.1) is 0 Å². The van der Waals surface area contributed by atoms with Gasteiger partial charge in [0.15, 0.2) is 5.65 Å². The number of rotatable bonds is 3. The molecule has 31 heavy (non-hydrogen) atoms. The fraction of sp³-hybridized carbons (Fsp3) is 0.100. The lowest BCUT2D eigenvalue weighted by molar-refractivity contribution is -0.138. The third-order valence-electron chi connectivity index (χ3n) is 4.35. The van der Waals surface area contributed by atoms with Gasteiger partial charge < -0.3 is 5.32 Å². The number of nitrogens with zero attached hydrogens (tertiary/aromatic N) is 4. The number of alkyl halides is 6. The van der Waals surface area contributed by atoms with Crippen LogP contribution < -0.4 is 5.32 Å². The first-order valence-corrected chi connectivity index (χ1v) is 8.71. The van der Waals surface area contributed by atoms with Crippen molar-refractivity contribution in [3.05, 3.63) is 72.3 Å². The van der Waals surface area contributed by atoms with Crippen molar-refractivity contribution in [2.24, 2.45) is 0 Å². The average molecular weight is 435 g/mol. The zero-order chi connectivity index (χ0) is 22.2. The minimum Gasteiger partial charge on any atom is -0.339 e. The molecule has 4 heterocycles. The Labute approximate surface area is 170 Å². The molecule has 0 aliphatic carbocycles. The fourth-order valence-corrected chi connectivity index (χ4v) is 2.96. The Balaban J connectivity index is 1.89. The molecular weight excluding hydrogens is 424 g/mol. The maximum Gasteiger partial charge on any atom is 0.418 e. The first kappa shape index (κ1) is 20.5.